The van der Waals surface area contributed by atoms with Crippen LogP contribution in [-0.4, -0.2) is 16.1 Å². The Kier molecular flexibility index (Phi) is 3.46. The molecule has 0 amide bonds. The van der Waals surface area contributed by atoms with Gasteiger partial charge in [-0.3, -0.25) is 9.48 Å². The molecule has 1 heterocycles. The third-order valence-electron chi connectivity index (χ3n) is 5.25. The maximum Gasteiger partial charge on any atom is 0.153 e. The lowest BCUT2D eigenvalue weighted by Crippen LogP contribution is -2.19. The molecule has 3 nitrogen and oxygen atoms in total. The maximum atomic E-state index is 11.3. The first-order valence-corrected chi connectivity index (χ1v) is 7.80. The van der Waals surface area contributed by atoms with Gasteiger partial charge in [-0.25, -0.2) is 0 Å². The molecule has 2 aliphatic carbocycles. The van der Waals surface area contributed by atoms with Gasteiger partial charge in [0.2, 0.25) is 0 Å². The third kappa shape index (κ3) is 2.13. The lowest BCUT2D eigenvalue weighted by atomic mass is 9.89. The van der Waals surface area contributed by atoms with Gasteiger partial charge in [0.15, 0.2) is 6.29 Å². The topological polar surface area (TPSA) is 34.9 Å². The first-order chi connectivity index (χ1) is 9.26. The number of rotatable bonds is 5. The Morgan fingerprint density at radius 2 is 2.11 bits per heavy atom. The van der Waals surface area contributed by atoms with Gasteiger partial charge in [0.1, 0.15) is 0 Å². The fourth-order valence-corrected chi connectivity index (χ4v) is 4.31. The Balaban J connectivity index is 1.84. The van der Waals surface area contributed by atoms with Crippen LogP contribution >= 0.6 is 0 Å². The van der Waals surface area contributed by atoms with Crippen molar-refractivity contribution < 1.29 is 4.79 Å². The number of hydrogen-bond acceptors (Lipinski definition) is 2. The number of aldehydes is 1. The van der Waals surface area contributed by atoms with E-state index in [0.29, 0.717) is 0 Å². The van der Waals surface area contributed by atoms with Crippen molar-refractivity contribution in [3.8, 4) is 0 Å². The SMILES string of the molecule is CCc1nn(CC2CC3CCC2C3)c(CC)c1C=O. The molecule has 3 rings (SSSR count). The molecule has 3 unspecified atom stereocenters. The molecule has 0 aromatic carbocycles. The first kappa shape index (κ1) is 12.9. The Bertz CT molecular complexity index is 477. The highest BCUT2D eigenvalue weighted by Crippen LogP contribution is 2.48. The molecular formula is C16H24N2O. The fraction of sp³-hybridized carbons (Fsp3) is 0.750. The van der Waals surface area contributed by atoms with Crippen molar-refractivity contribution in [1.82, 2.24) is 9.78 Å². The van der Waals surface area contributed by atoms with Crippen LogP contribution < -0.4 is 0 Å². The molecule has 0 radical (unpaired) electrons. The number of aryl methyl sites for hydroxylation is 1. The minimum atomic E-state index is 0.799. The molecule has 0 N–H and O–H groups in total. The minimum absolute atomic E-state index is 0.799. The van der Waals surface area contributed by atoms with Crippen LogP contribution in [0.4, 0.5) is 0 Å². The first-order valence-electron chi connectivity index (χ1n) is 7.80. The van der Waals surface area contributed by atoms with Crippen molar-refractivity contribution in [3.05, 3.63) is 17.0 Å². The Morgan fingerprint density at radius 3 is 2.63 bits per heavy atom. The minimum Gasteiger partial charge on any atom is -0.298 e. The van der Waals surface area contributed by atoms with Crippen LogP contribution in [-0.2, 0) is 19.4 Å². The van der Waals surface area contributed by atoms with E-state index >= 15 is 0 Å². The molecule has 2 fully saturated rings. The van der Waals surface area contributed by atoms with Crippen LogP contribution in [0.3, 0.4) is 0 Å². The van der Waals surface area contributed by atoms with Gasteiger partial charge in [-0.2, -0.15) is 5.10 Å². The molecule has 0 saturated heterocycles. The Morgan fingerprint density at radius 1 is 1.26 bits per heavy atom. The Hall–Kier alpha value is -1.12. The third-order valence-corrected chi connectivity index (χ3v) is 5.25. The number of carbonyl (C=O) groups is 1. The molecule has 1 aromatic rings. The fourth-order valence-electron chi connectivity index (χ4n) is 4.31. The monoisotopic (exact) mass is 260 g/mol. The molecule has 3 heteroatoms. The average Bonchev–Trinajstić information content (AvgIpc) is 3.11. The lowest BCUT2D eigenvalue weighted by Gasteiger charge is -2.22. The summed E-state index contributed by atoms with van der Waals surface area (Å²) >= 11 is 0. The molecule has 0 aliphatic heterocycles. The second-order valence-corrected chi connectivity index (χ2v) is 6.25. The predicted octanol–water partition coefficient (Wildman–Crippen LogP) is 3.26. The number of nitrogens with zero attached hydrogens (tertiary/aromatic N) is 2. The zero-order valence-corrected chi connectivity index (χ0v) is 12.1. The molecule has 2 bridgehead atoms. The van der Waals surface area contributed by atoms with E-state index in [1.54, 1.807) is 0 Å². The molecule has 1 aromatic heterocycles. The van der Waals surface area contributed by atoms with Gasteiger partial charge in [0.05, 0.1) is 11.3 Å². The quantitative estimate of drug-likeness (QED) is 0.762. The summed E-state index contributed by atoms with van der Waals surface area (Å²) in [6, 6.07) is 0. The zero-order valence-electron chi connectivity index (χ0n) is 12.1. The largest absolute Gasteiger partial charge is 0.298 e. The van der Waals surface area contributed by atoms with Crippen LogP contribution in [0, 0.1) is 17.8 Å². The van der Waals surface area contributed by atoms with E-state index in [9.17, 15) is 4.79 Å². The van der Waals surface area contributed by atoms with E-state index in [-0.39, 0.29) is 0 Å². The van der Waals surface area contributed by atoms with Gasteiger partial charge in [-0.05, 0) is 49.9 Å². The van der Waals surface area contributed by atoms with E-state index in [1.807, 2.05) is 0 Å². The number of carbonyl (C=O) groups excluding carboxylic acids is 1. The van der Waals surface area contributed by atoms with Gasteiger partial charge < -0.3 is 0 Å². The normalized spacial score (nSPS) is 29.1. The van der Waals surface area contributed by atoms with Crippen LogP contribution in [0.1, 0.15) is 61.3 Å². The summed E-state index contributed by atoms with van der Waals surface area (Å²) in [6.07, 6.45) is 8.44. The average molecular weight is 260 g/mol. The highest BCUT2D eigenvalue weighted by Gasteiger charge is 2.39. The summed E-state index contributed by atoms with van der Waals surface area (Å²) in [6.45, 7) is 5.24. The van der Waals surface area contributed by atoms with Crippen LogP contribution in [0.2, 0.25) is 0 Å². The molecule has 2 aliphatic rings. The van der Waals surface area contributed by atoms with E-state index in [0.717, 1.165) is 60.4 Å². The molecule has 2 saturated carbocycles. The summed E-state index contributed by atoms with van der Waals surface area (Å²) in [5.74, 6) is 2.70. The van der Waals surface area contributed by atoms with Crippen molar-refractivity contribution in [2.75, 3.05) is 0 Å². The zero-order chi connectivity index (χ0) is 13.4. The van der Waals surface area contributed by atoms with Crippen molar-refractivity contribution >= 4 is 6.29 Å². The smallest absolute Gasteiger partial charge is 0.153 e. The van der Waals surface area contributed by atoms with Crippen LogP contribution in [0.5, 0.6) is 0 Å². The van der Waals surface area contributed by atoms with Gasteiger partial charge in [-0.1, -0.05) is 20.3 Å². The van der Waals surface area contributed by atoms with Gasteiger partial charge in [-0.15, -0.1) is 0 Å². The van der Waals surface area contributed by atoms with E-state index in [4.69, 9.17) is 5.10 Å². The summed E-state index contributed by atoms with van der Waals surface area (Å²) in [7, 11) is 0. The molecule has 19 heavy (non-hydrogen) atoms. The predicted molar refractivity (Wildman–Crippen MR) is 75.3 cm³/mol. The molecule has 104 valence electrons. The van der Waals surface area contributed by atoms with Gasteiger partial charge in [0.25, 0.3) is 0 Å². The van der Waals surface area contributed by atoms with E-state index in [1.165, 1.54) is 25.7 Å². The van der Waals surface area contributed by atoms with Crippen molar-refractivity contribution in [2.24, 2.45) is 17.8 Å². The number of aromatic nitrogens is 2. The van der Waals surface area contributed by atoms with Crippen LogP contribution in [0.25, 0.3) is 0 Å². The second-order valence-electron chi connectivity index (χ2n) is 6.25. The number of fused-ring (bicyclic) bond motifs is 2. The second kappa shape index (κ2) is 5.10. The maximum absolute atomic E-state index is 11.3. The van der Waals surface area contributed by atoms with Crippen molar-refractivity contribution in [1.29, 1.82) is 0 Å². The molecular weight excluding hydrogens is 236 g/mol. The number of hydrogen-bond donors (Lipinski definition) is 0. The lowest BCUT2D eigenvalue weighted by molar-refractivity contribution is 0.112. The summed E-state index contributed by atoms with van der Waals surface area (Å²) in [5, 5.41) is 4.70. The van der Waals surface area contributed by atoms with E-state index in [2.05, 4.69) is 18.5 Å². The summed E-state index contributed by atoms with van der Waals surface area (Å²) < 4.78 is 2.15. The van der Waals surface area contributed by atoms with Crippen LogP contribution in [0.15, 0.2) is 0 Å². The van der Waals surface area contributed by atoms with Gasteiger partial charge >= 0.3 is 0 Å². The van der Waals surface area contributed by atoms with Gasteiger partial charge in [0, 0.05) is 12.2 Å². The van der Waals surface area contributed by atoms with Crippen molar-refractivity contribution in [2.45, 2.75) is 58.9 Å². The molecule has 3 atom stereocenters. The highest BCUT2D eigenvalue weighted by atomic mass is 16.1. The highest BCUT2D eigenvalue weighted by molar-refractivity contribution is 5.78. The standard InChI is InChI=1S/C16H24N2O/c1-3-15-14(10-19)16(4-2)18(17-15)9-13-8-11-5-6-12(13)7-11/h10-13H,3-9H2,1-2H3. The molecule has 0 spiro atoms. The summed E-state index contributed by atoms with van der Waals surface area (Å²) in [5.41, 5.74) is 2.98. The Labute approximate surface area is 115 Å². The van der Waals surface area contributed by atoms with Crippen molar-refractivity contribution in [3.63, 3.8) is 0 Å². The van der Waals surface area contributed by atoms with E-state index < -0.39 is 0 Å². The summed E-state index contributed by atoms with van der Waals surface area (Å²) in [4.78, 5) is 11.3.